The van der Waals surface area contributed by atoms with Gasteiger partial charge in [-0.15, -0.1) is 0 Å². The molecule has 6 heteroatoms. The summed E-state index contributed by atoms with van der Waals surface area (Å²) < 4.78 is 21.7. The van der Waals surface area contributed by atoms with E-state index >= 15 is 0 Å². The predicted molar refractivity (Wildman–Crippen MR) is 96.2 cm³/mol. The lowest BCUT2D eigenvalue weighted by Crippen LogP contribution is -2.23. The smallest absolute Gasteiger partial charge is 0.231 e. The second kappa shape index (κ2) is 6.96. The van der Waals surface area contributed by atoms with Crippen molar-refractivity contribution >= 4 is 0 Å². The van der Waals surface area contributed by atoms with Crippen LogP contribution in [0, 0.1) is 0 Å². The van der Waals surface area contributed by atoms with Crippen molar-refractivity contribution in [3.8, 4) is 28.7 Å². The van der Waals surface area contributed by atoms with Crippen molar-refractivity contribution in [1.82, 2.24) is 4.90 Å². The summed E-state index contributed by atoms with van der Waals surface area (Å²) in [4.78, 5) is 2.36. The molecule has 1 N–H and O–H groups in total. The van der Waals surface area contributed by atoms with Crippen molar-refractivity contribution in [2.24, 2.45) is 0 Å². The van der Waals surface area contributed by atoms with E-state index in [1.807, 2.05) is 18.2 Å². The zero-order valence-electron chi connectivity index (χ0n) is 15.0. The van der Waals surface area contributed by atoms with E-state index in [0.717, 1.165) is 42.0 Å². The molecule has 0 amide bonds. The van der Waals surface area contributed by atoms with E-state index in [4.69, 9.17) is 18.9 Å². The number of benzene rings is 2. The molecule has 0 bridgehead atoms. The van der Waals surface area contributed by atoms with Gasteiger partial charge >= 0.3 is 0 Å². The molecule has 138 valence electrons. The average Bonchev–Trinajstić information content (AvgIpc) is 3.30. The molecule has 0 saturated carbocycles. The molecule has 2 aliphatic heterocycles. The summed E-state index contributed by atoms with van der Waals surface area (Å²) in [7, 11) is 3.33. The van der Waals surface area contributed by atoms with Crippen LogP contribution in [-0.4, -0.2) is 37.6 Å². The molecular formula is C20H23NO5. The Hall–Kier alpha value is -2.60. The molecule has 2 aromatic rings. The van der Waals surface area contributed by atoms with E-state index in [-0.39, 0.29) is 18.6 Å². The lowest BCUT2D eigenvalue weighted by atomic mass is 10.0. The summed E-state index contributed by atoms with van der Waals surface area (Å²) in [6.45, 7) is 1.81. The zero-order valence-corrected chi connectivity index (χ0v) is 15.0. The Morgan fingerprint density at radius 1 is 1.12 bits per heavy atom. The molecule has 1 saturated heterocycles. The van der Waals surface area contributed by atoms with Gasteiger partial charge in [-0.25, -0.2) is 0 Å². The normalized spacial score (nSPS) is 18.9. The van der Waals surface area contributed by atoms with Crippen LogP contribution in [0.5, 0.6) is 28.7 Å². The van der Waals surface area contributed by atoms with E-state index < -0.39 is 0 Å². The maximum Gasteiger partial charge on any atom is 0.231 e. The summed E-state index contributed by atoms with van der Waals surface area (Å²) in [5, 5.41) is 10.4. The Morgan fingerprint density at radius 3 is 2.69 bits per heavy atom. The maximum atomic E-state index is 10.4. The van der Waals surface area contributed by atoms with Crippen LogP contribution in [0.1, 0.15) is 30.0 Å². The molecule has 0 aliphatic carbocycles. The van der Waals surface area contributed by atoms with Gasteiger partial charge in [-0.3, -0.25) is 4.90 Å². The monoisotopic (exact) mass is 357 g/mol. The molecule has 0 radical (unpaired) electrons. The first-order valence-electron chi connectivity index (χ1n) is 8.77. The van der Waals surface area contributed by atoms with Gasteiger partial charge in [0.25, 0.3) is 0 Å². The molecule has 2 heterocycles. The molecular weight excluding hydrogens is 334 g/mol. The Bertz CT molecular complexity index is 807. The highest BCUT2D eigenvalue weighted by molar-refractivity contribution is 5.51. The first-order valence-corrected chi connectivity index (χ1v) is 8.77. The lowest BCUT2D eigenvalue weighted by molar-refractivity contribution is 0.173. The zero-order chi connectivity index (χ0) is 18.1. The highest BCUT2D eigenvalue weighted by Gasteiger charge is 2.30. The van der Waals surface area contributed by atoms with E-state index in [1.165, 1.54) is 0 Å². The van der Waals surface area contributed by atoms with Crippen LogP contribution in [0.2, 0.25) is 0 Å². The third kappa shape index (κ3) is 3.01. The molecule has 2 aliphatic rings. The van der Waals surface area contributed by atoms with Gasteiger partial charge in [-0.05, 0) is 31.5 Å². The van der Waals surface area contributed by atoms with Crippen molar-refractivity contribution in [2.75, 3.05) is 27.6 Å². The Morgan fingerprint density at radius 2 is 1.92 bits per heavy atom. The van der Waals surface area contributed by atoms with Crippen molar-refractivity contribution in [2.45, 2.75) is 25.4 Å². The lowest BCUT2D eigenvalue weighted by Gasteiger charge is -2.26. The van der Waals surface area contributed by atoms with Crippen molar-refractivity contribution in [3.05, 3.63) is 41.5 Å². The van der Waals surface area contributed by atoms with E-state index in [9.17, 15) is 5.11 Å². The number of aromatic hydroxyl groups is 1. The topological polar surface area (TPSA) is 60.4 Å². The first-order chi connectivity index (χ1) is 12.7. The minimum absolute atomic E-state index is 0.202. The van der Waals surface area contributed by atoms with E-state index in [1.54, 1.807) is 20.3 Å². The Labute approximate surface area is 152 Å². The number of phenolic OH excluding ortho intramolecular Hbond substituents is 1. The van der Waals surface area contributed by atoms with Gasteiger partial charge in [0, 0.05) is 35.8 Å². The molecule has 2 aromatic carbocycles. The largest absolute Gasteiger partial charge is 0.507 e. The van der Waals surface area contributed by atoms with Crippen molar-refractivity contribution < 1.29 is 24.1 Å². The third-order valence-electron chi connectivity index (χ3n) is 5.11. The number of rotatable bonds is 5. The average molecular weight is 357 g/mol. The highest BCUT2D eigenvalue weighted by Crippen LogP contribution is 2.42. The van der Waals surface area contributed by atoms with Crippen LogP contribution >= 0.6 is 0 Å². The van der Waals surface area contributed by atoms with Crippen molar-refractivity contribution in [1.29, 1.82) is 0 Å². The standard InChI is InChI=1S/C20H23NO5/c1-23-14-5-6-15(18(9-14)24-2)16-4-3-7-21(16)11-13-8-19-20(10-17(13)22)26-12-25-19/h5-6,8-10,16,22H,3-4,7,11-12H2,1-2H3/t16-/m0/s1. The molecule has 26 heavy (non-hydrogen) atoms. The highest BCUT2D eigenvalue weighted by atomic mass is 16.7. The fourth-order valence-corrected chi connectivity index (χ4v) is 3.78. The predicted octanol–water partition coefficient (Wildman–Crippen LogP) is 3.48. The summed E-state index contributed by atoms with van der Waals surface area (Å²) in [5.41, 5.74) is 1.99. The van der Waals surface area contributed by atoms with Crippen LogP contribution in [0.25, 0.3) is 0 Å². The second-order valence-electron chi connectivity index (χ2n) is 6.57. The fraction of sp³-hybridized carbons (Fsp3) is 0.400. The van der Waals surface area contributed by atoms with Crippen LogP contribution in [0.15, 0.2) is 30.3 Å². The molecule has 4 rings (SSSR count). The van der Waals surface area contributed by atoms with Gasteiger partial charge in [0.05, 0.1) is 14.2 Å². The number of hydrogen-bond acceptors (Lipinski definition) is 6. The Kier molecular flexibility index (Phi) is 4.51. The minimum atomic E-state index is 0.202. The van der Waals surface area contributed by atoms with Gasteiger partial charge in [-0.2, -0.15) is 0 Å². The number of hydrogen-bond donors (Lipinski definition) is 1. The Balaban J connectivity index is 1.60. The number of phenols is 1. The molecule has 1 atom stereocenters. The van der Waals surface area contributed by atoms with E-state index in [2.05, 4.69) is 11.0 Å². The summed E-state index contributed by atoms with van der Waals surface area (Å²) in [6, 6.07) is 9.70. The van der Waals surface area contributed by atoms with Crippen LogP contribution in [-0.2, 0) is 6.54 Å². The summed E-state index contributed by atoms with van der Waals surface area (Å²) in [5.74, 6) is 3.14. The molecule has 6 nitrogen and oxygen atoms in total. The van der Waals surface area contributed by atoms with Gasteiger partial charge in [-0.1, -0.05) is 6.07 Å². The summed E-state index contributed by atoms with van der Waals surface area (Å²) >= 11 is 0. The molecule has 0 aromatic heterocycles. The number of nitrogens with zero attached hydrogens (tertiary/aromatic N) is 1. The molecule has 0 unspecified atom stereocenters. The molecule has 1 fully saturated rings. The first kappa shape index (κ1) is 16.8. The number of ether oxygens (including phenoxy) is 4. The summed E-state index contributed by atoms with van der Waals surface area (Å²) in [6.07, 6.45) is 2.15. The number of methoxy groups -OCH3 is 2. The molecule has 0 spiro atoms. The minimum Gasteiger partial charge on any atom is -0.507 e. The number of likely N-dealkylation sites (tertiary alicyclic amines) is 1. The van der Waals surface area contributed by atoms with E-state index in [0.29, 0.717) is 18.0 Å². The van der Waals surface area contributed by atoms with Gasteiger partial charge in [0.15, 0.2) is 11.5 Å². The van der Waals surface area contributed by atoms with Crippen molar-refractivity contribution in [3.63, 3.8) is 0 Å². The quantitative estimate of drug-likeness (QED) is 0.884. The maximum absolute atomic E-state index is 10.4. The number of fused-ring (bicyclic) bond motifs is 1. The van der Waals surface area contributed by atoms with Gasteiger partial charge in [0.2, 0.25) is 6.79 Å². The van der Waals surface area contributed by atoms with Gasteiger partial charge in [0.1, 0.15) is 17.2 Å². The third-order valence-corrected chi connectivity index (χ3v) is 5.11. The van der Waals surface area contributed by atoms with Crippen LogP contribution < -0.4 is 18.9 Å². The fourth-order valence-electron chi connectivity index (χ4n) is 3.78. The second-order valence-corrected chi connectivity index (χ2v) is 6.57. The van der Waals surface area contributed by atoms with Gasteiger partial charge < -0.3 is 24.1 Å². The van der Waals surface area contributed by atoms with Crippen LogP contribution in [0.4, 0.5) is 0 Å². The van der Waals surface area contributed by atoms with Crippen LogP contribution in [0.3, 0.4) is 0 Å². The SMILES string of the molecule is COc1ccc([C@@H]2CCCN2Cc2cc3c(cc2O)OCO3)c(OC)c1.